The molecule has 2 heterocycles. The summed E-state index contributed by atoms with van der Waals surface area (Å²) in [7, 11) is -2.29. The van der Waals surface area contributed by atoms with E-state index in [1.165, 1.54) is 7.11 Å². The summed E-state index contributed by atoms with van der Waals surface area (Å²) in [5.74, 6) is -0.362. The molecule has 32 heavy (non-hydrogen) atoms. The molecule has 168 valence electrons. The highest BCUT2D eigenvalue weighted by molar-refractivity contribution is 7.89. The number of ether oxygens (including phenoxy) is 1. The minimum absolute atomic E-state index is 0.144. The van der Waals surface area contributed by atoms with Crippen molar-refractivity contribution < 1.29 is 17.9 Å². The lowest BCUT2D eigenvalue weighted by molar-refractivity contribution is -0.146. The third-order valence-corrected chi connectivity index (χ3v) is 7.45. The molecule has 8 heteroatoms. The zero-order valence-corrected chi connectivity index (χ0v) is 19.3. The predicted octanol–water partition coefficient (Wildman–Crippen LogP) is 3.92. The van der Waals surface area contributed by atoms with Crippen LogP contribution in [0, 0.1) is 19.8 Å². The number of aryl methyl sites for hydroxylation is 2. The molecule has 4 rings (SSSR count). The number of benzene rings is 1. The molecule has 0 bridgehead atoms. The van der Waals surface area contributed by atoms with Crippen molar-refractivity contribution >= 4 is 26.9 Å². The Morgan fingerprint density at radius 2 is 1.66 bits per heavy atom. The minimum atomic E-state index is -3.67. The number of carbonyl (C=O) groups is 1. The van der Waals surface area contributed by atoms with Gasteiger partial charge in [0.1, 0.15) is 0 Å². The number of nitrogens with one attached hydrogen (secondary N) is 1. The standard InChI is InChI=1S/C24H27N3O4S/c1-15-12-19(13-16(2)25-15)23-10-6-18-14-21(9-11-22(18)26-23)32(29,30)27-20-7-4-17(5-8-20)24(28)31-3/h6,9-14,17,20,27H,4-5,7-8H2,1-3H3. The maximum absolute atomic E-state index is 12.9. The van der Waals surface area contributed by atoms with E-state index >= 15 is 0 Å². The Balaban J connectivity index is 1.52. The summed E-state index contributed by atoms with van der Waals surface area (Å²) >= 11 is 0. The molecule has 0 aliphatic heterocycles. The van der Waals surface area contributed by atoms with Gasteiger partial charge in [0, 0.05) is 28.4 Å². The van der Waals surface area contributed by atoms with Crippen LogP contribution in [0.5, 0.6) is 0 Å². The van der Waals surface area contributed by atoms with Crippen LogP contribution < -0.4 is 4.72 Å². The van der Waals surface area contributed by atoms with Gasteiger partial charge < -0.3 is 4.74 Å². The molecule has 1 fully saturated rings. The summed E-state index contributed by atoms with van der Waals surface area (Å²) in [6.45, 7) is 3.90. The molecule has 0 unspecified atom stereocenters. The fraction of sp³-hybridized carbons (Fsp3) is 0.375. The quantitative estimate of drug-likeness (QED) is 0.588. The van der Waals surface area contributed by atoms with Crippen LogP contribution in [-0.2, 0) is 19.6 Å². The Hall–Kier alpha value is -2.84. The Kier molecular flexibility index (Phi) is 6.26. The molecule has 1 aromatic carbocycles. The molecule has 3 aromatic rings. The van der Waals surface area contributed by atoms with Crippen LogP contribution in [0.25, 0.3) is 22.2 Å². The van der Waals surface area contributed by atoms with Crippen molar-refractivity contribution in [2.24, 2.45) is 5.92 Å². The van der Waals surface area contributed by atoms with E-state index in [0.717, 1.165) is 33.5 Å². The molecular weight excluding hydrogens is 426 g/mol. The van der Waals surface area contributed by atoms with Crippen LogP contribution in [0.2, 0.25) is 0 Å². The molecule has 0 amide bonds. The van der Waals surface area contributed by atoms with E-state index in [2.05, 4.69) is 9.71 Å². The number of aromatic nitrogens is 2. The van der Waals surface area contributed by atoms with Gasteiger partial charge in [-0.15, -0.1) is 0 Å². The van der Waals surface area contributed by atoms with Crippen LogP contribution in [0.4, 0.5) is 0 Å². The number of pyridine rings is 2. The van der Waals surface area contributed by atoms with Gasteiger partial charge in [-0.25, -0.2) is 18.1 Å². The highest BCUT2D eigenvalue weighted by atomic mass is 32.2. The zero-order chi connectivity index (χ0) is 22.9. The number of carbonyl (C=O) groups excluding carboxylic acids is 1. The normalized spacial score (nSPS) is 19.1. The van der Waals surface area contributed by atoms with Gasteiger partial charge in [0.05, 0.1) is 29.1 Å². The molecule has 0 atom stereocenters. The van der Waals surface area contributed by atoms with Gasteiger partial charge in [0.15, 0.2) is 0 Å². The van der Waals surface area contributed by atoms with E-state index in [9.17, 15) is 13.2 Å². The molecule has 1 N–H and O–H groups in total. The average Bonchev–Trinajstić information content (AvgIpc) is 2.77. The van der Waals surface area contributed by atoms with Crippen molar-refractivity contribution in [1.82, 2.24) is 14.7 Å². The molecule has 1 aliphatic rings. The largest absolute Gasteiger partial charge is 0.469 e. The fourth-order valence-corrected chi connectivity index (χ4v) is 5.65. The molecular formula is C24H27N3O4S. The molecule has 1 aliphatic carbocycles. The van der Waals surface area contributed by atoms with Crippen molar-refractivity contribution in [2.75, 3.05) is 7.11 Å². The second-order valence-corrected chi connectivity index (χ2v) is 10.1. The summed E-state index contributed by atoms with van der Waals surface area (Å²) in [4.78, 5) is 21.0. The zero-order valence-electron chi connectivity index (χ0n) is 18.5. The van der Waals surface area contributed by atoms with E-state index < -0.39 is 10.0 Å². The number of fused-ring (bicyclic) bond motifs is 1. The Labute approximate surface area is 188 Å². The second-order valence-electron chi connectivity index (χ2n) is 8.38. The van der Waals surface area contributed by atoms with Crippen LogP contribution in [-0.4, -0.2) is 37.5 Å². The lowest BCUT2D eigenvalue weighted by Crippen LogP contribution is -2.38. The van der Waals surface area contributed by atoms with Gasteiger partial charge in [-0.2, -0.15) is 0 Å². The molecule has 0 saturated heterocycles. The first-order valence-corrected chi connectivity index (χ1v) is 12.2. The number of hydrogen-bond donors (Lipinski definition) is 1. The highest BCUT2D eigenvalue weighted by Crippen LogP contribution is 2.28. The third kappa shape index (κ3) is 4.81. The summed E-state index contributed by atoms with van der Waals surface area (Å²) in [6.07, 6.45) is 2.47. The van der Waals surface area contributed by atoms with Gasteiger partial charge in [0.2, 0.25) is 10.0 Å². The van der Waals surface area contributed by atoms with E-state index in [4.69, 9.17) is 9.72 Å². The third-order valence-electron chi connectivity index (χ3n) is 5.93. The van der Waals surface area contributed by atoms with Crippen molar-refractivity contribution in [1.29, 1.82) is 0 Å². The Morgan fingerprint density at radius 3 is 2.31 bits per heavy atom. The number of hydrogen-bond acceptors (Lipinski definition) is 6. The van der Waals surface area contributed by atoms with Crippen LogP contribution in [0.3, 0.4) is 0 Å². The smallest absolute Gasteiger partial charge is 0.308 e. The van der Waals surface area contributed by atoms with E-state index in [1.807, 2.05) is 38.1 Å². The molecule has 0 spiro atoms. The number of nitrogens with zero attached hydrogens (tertiary/aromatic N) is 2. The van der Waals surface area contributed by atoms with Crippen LogP contribution in [0.15, 0.2) is 47.4 Å². The summed E-state index contributed by atoms with van der Waals surface area (Å²) in [6, 6.07) is 12.6. The Morgan fingerprint density at radius 1 is 0.969 bits per heavy atom. The van der Waals surface area contributed by atoms with Gasteiger partial charge >= 0.3 is 5.97 Å². The number of methoxy groups -OCH3 is 1. The first-order chi connectivity index (χ1) is 15.2. The van der Waals surface area contributed by atoms with Crippen molar-refractivity contribution in [3.8, 4) is 11.3 Å². The molecule has 1 saturated carbocycles. The van der Waals surface area contributed by atoms with Crippen molar-refractivity contribution in [2.45, 2.75) is 50.5 Å². The van der Waals surface area contributed by atoms with Gasteiger partial charge in [0.25, 0.3) is 0 Å². The highest BCUT2D eigenvalue weighted by Gasteiger charge is 2.29. The van der Waals surface area contributed by atoms with E-state index in [0.29, 0.717) is 25.7 Å². The van der Waals surface area contributed by atoms with Crippen molar-refractivity contribution in [3.63, 3.8) is 0 Å². The summed E-state index contributed by atoms with van der Waals surface area (Å²) in [5, 5.41) is 0.758. The topological polar surface area (TPSA) is 98.2 Å². The maximum Gasteiger partial charge on any atom is 0.308 e. The average molecular weight is 454 g/mol. The first kappa shape index (κ1) is 22.4. The number of esters is 1. The number of sulfonamides is 1. The SMILES string of the molecule is COC(=O)C1CCC(NS(=O)(=O)c2ccc3nc(-c4cc(C)nc(C)c4)ccc3c2)CC1. The van der Waals surface area contributed by atoms with Gasteiger partial charge in [-0.05, 0) is 75.9 Å². The lowest BCUT2D eigenvalue weighted by Gasteiger charge is -2.27. The maximum atomic E-state index is 12.9. The second kappa shape index (κ2) is 8.96. The minimum Gasteiger partial charge on any atom is -0.469 e. The predicted molar refractivity (Wildman–Crippen MR) is 123 cm³/mol. The van der Waals surface area contributed by atoms with Crippen LogP contribution in [0.1, 0.15) is 37.1 Å². The monoisotopic (exact) mass is 453 g/mol. The Bertz CT molecular complexity index is 1250. The van der Waals surface area contributed by atoms with Gasteiger partial charge in [-0.3, -0.25) is 9.78 Å². The first-order valence-electron chi connectivity index (χ1n) is 10.7. The fourth-order valence-electron chi connectivity index (χ4n) is 4.32. The van der Waals surface area contributed by atoms with Gasteiger partial charge in [-0.1, -0.05) is 6.07 Å². The summed E-state index contributed by atoms with van der Waals surface area (Å²) < 4.78 is 33.5. The lowest BCUT2D eigenvalue weighted by atomic mass is 9.86. The number of rotatable bonds is 5. The molecule has 2 aromatic heterocycles. The van der Waals surface area contributed by atoms with E-state index in [-0.39, 0.29) is 22.8 Å². The summed E-state index contributed by atoms with van der Waals surface area (Å²) in [5.41, 5.74) is 4.39. The molecule has 7 nitrogen and oxygen atoms in total. The van der Waals surface area contributed by atoms with Crippen LogP contribution >= 0.6 is 0 Å². The molecule has 0 radical (unpaired) electrons. The van der Waals surface area contributed by atoms with E-state index in [1.54, 1.807) is 18.2 Å². The van der Waals surface area contributed by atoms with Crippen molar-refractivity contribution in [3.05, 3.63) is 53.9 Å².